The Morgan fingerprint density at radius 3 is 2.55 bits per heavy atom. The molecule has 1 aliphatic heterocycles. The molecule has 1 saturated carbocycles. The number of aliphatic imine (C=N–C) groups is 1. The zero-order valence-corrected chi connectivity index (χ0v) is 20.0. The lowest BCUT2D eigenvalue weighted by molar-refractivity contribution is -0.121. The number of nitrogens with one attached hydrogen (secondary N) is 2. The number of amides is 1. The van der Waals surface area contributed by atoms with E-state index in [9.17, 15) is 4.79 Å². The monoisotopic (exact) mass is 514 g/mol. The van der Waals surface area contributed by atoms with Crippen molar-refractivity contribution in [3.8, 4) is 5.75 Å². The summed E-state index contributed by atoms with van der Waals surface area (Å²) in [6, 6.07) is 8.25. The SMILES string of the molecule is CCNC(=NCc1ccccc1OC1CCC1)N1CCC(CC(=O)NC)CC1.I. The van der Waals surface area contributed by atoms with Crippen LogP contribution in [-0.4, -0.2) is 49.6 Å². The largest absolute Gasteiger partial charge is 0.490 e. The van der Waals surface area contributed by atoms with Crippen LogP contribution in [0.4, 0.5) is 0 Å². The first-order valence-corrected chi connectivity index (χ1v) is 10.7. The minimum Gasteiger partial charge on any atom is -0.490 e. The van der Waals surface area contributed by atoms with E-state index in [1.54, 1.807) is 7.05 Å². The lowest BCUT2D eigenvalue weighted by Gasteiger charge is -2.34. The second kappa shape index (κ2) is 12.2. The number of carbonyl (C=O) groups is 1. The highest BCUT2D eigenvalue weighted by Crippen LogP contribution is 2.28. The number of hydrogen-bond donors (Lipinski definition) is 2. The molecule has 0 atom stereocenters. The molecule has 2 aliphatic rings. The Labute approximate surface area is 191 Å². The van der Waals surface area contributed by atoms with Gasteiger partial charge in [0.1, 0.15) is 5.75 Å². The zero-order valence-electron chi connectivity index (χ0n) is 17.7. The van der Waals surface area contributed by atoms with Crippen LogP contribution in [0.1, 0.15) is 51.0 Å². The highest BCUT2D eigenvalue weighted by Gasteiger charge is 2.23. The Hall–Kier alpha value is -1.51. The first-order chi connectivity index (χ1) is 13.7. The number of guanidine groups is 1. The average molecular weight is 514 g/mol. The summed E-state index contributed by atoms with van der Waals surface area (Å²) in [5.41, 5.74) is 1.14. The van der Waals surface area contributed by atoms with Crippen LogP contribution < -0.4 is 15.4 Å². The van der Waals surface area contributed by atoms with E-state index in [1.165, 1.54) is 6.42 Å². The fourth-order valence-electron chi connectivity index (χ4n) is 3.72. The van der Waals surface area contributed by atoms with Gasteiger partial charge in [-0.2, -0.15) is 0 Å². The fourth-order valence-corrected chi connectivity index (χ4v) is 3.72. The van der Waals surface area contributed by atoms with Crippen molar-refractivity contribution in [2.75, 3.05) is 26.7 Å². The van der Waals surface area contributed by atoms with Crippen LogP contribution in [-0.2, 0) is 11.3 Å². The van der Waals surface area contributed by atoms with Crippen molar-refractivity contribution in [2.45, 2.75) is 58.1 Å². The Morgan fingerprint density at radius 1 is 1.21 bits per heavy atom. The molecule has 1 heterocycles. The molecule has 1 amide bonds. The molecule has 0 spiro atoms. The van der Waals surface area contributed by atoms with Gasteiger partial charge in [0.05, 0.1) is 12.6 Å². The molecule has 2 N–H and O–H groups in total. The van der Waals surface area contributed by atoms with E-state index in [4.69, 9.17) is 9.73 Å². The molecule has 6 nitrogen and oxygen atoms in total. The third-order valence-corrected chi connectivity index (χ3v) is 5.72. The van der Waals surface area contributed by atoms with Gasteiger partial charge in [-0.05, 0) is 51.0 Å². The van der Waals surface area contributed by atoms with Crippen molar-refractivity contribution in [2.24, 2.45) is 10.9 Å². The molecule has 0 bridgehead atoms. The normalized spacial score (nSPS) is 17.9. The number of hydrogen-bond acceptors (Lipinski definition) is 3. The van der Waals surface area contributed by atoms with E-state index in [2.05, 4.69) is 40.7 Å². The number of carbonyl (C=O) groups excluding carboxylic acids is 1. The van der Waals surface area contributed by atoms with Gasteiger partial charge in [-0.25, -0.2) is 4.99 Å². The number of nitrogens with zero attached hydrogens (tertiary/aromatic N) is 2. The third-order valence-electron chi connectivity index (χ3n) is 5.72. The molecule has 3 rings (SSSR count). The number of piperidine rings is 1. The van der Waals surface area contributed by atoms with Gasteiger partial charge in [-0.15, -0.1) is 24.0 Å². The van der Waals surface area contributed by atoms with Crippen LogP contribution in [0.5, 0.6) is 5.75 Å². The van der Waals surface area contributed by atoms with Crippen molar-refractivity contribution in [3.05, 3.63) is 29.8 Å². The van der Waals surface area contributed by atoms with Crippen LogP contribution >= 0.6 is 24.0 Å². The van der Waals surface area contributed by atoms with Gasteiger partial charge in [-0.1, -0.05) is 18.2 Å². The summed E-state index contributed by atoms with van der Waals surface area (Å²) in [6.07, 6.45) is 6.64. The van der Waals surface area contributed by atoms with Crippen LogP contribution in [0, 0.1) is 5.92 Å². The van der Waals surface area contributed by atoms with Gasteiger partial charge in [0, 0.05) is 38.7 Å². The van der Waals surface area contributed by atoms with Gasteiger partial charge in [0.2, 0.25) is 5.91 Å². The molecule has 162 valence electrons. The second-order valence-electron chi connectivity index (χ2n) is 7.76. The summed E-state index contributed by atoms with van der Waals surface area (Å²) in [6.45, 7) is 5.43. The molecule has 0 aromatic heterocycles. The number of rotatable bonds is 7. The molecule has 1 saturated heterocycles. The zero-order chi connectivity index (χ0) is 19.8. The van der Waals surface area contributed by atoms with Gasteiger partial charge in [0.25, 0.3) is 0 Å². The maximum Gasteiger partial charge on any atom is 0.220 e. The third kappa shape index (κ3) is 7.04. The summed E-state index contributed by atoms with van der Waals surface area (Å²) < 4.78 is 6.14. The Bertz CT molecular complexity index is 671. The highest BCUT2D eigenvalue weighted by molar-refractivity contribution is 14.0. The quantitative estimate of drug-likeness (QED) is 0.332. The first-order valence-electron chi connectivity index (χ1n) is 10.7. The van der Waals surface area contributed by atoms with Crippen LogP contribution in [0.3, 0.4) is 0 Å². The molecule has 1 aromatic rings. The summed E-state index contributed by atoms with van der Waals surface area (Å²) in [4.78, 5) is 18.8. The smallest absolute Gasteiger partial charge is 0.220 e. The van der Waals surface area contributed by atoms with E-state index < -0.39 is 0 Å². The van der Waals surface area contributed by atoms with Crippen molar-refractivity contribution in [1.82, 2.24) is 15.5 Å². The van der Waals surface area contributed by atoms with E-state index in [0.717, 1.165) is 62.6 Å². The number of halogens is 1. The topological polar surface area (TPSA) is 66.0 Å². The average Bonchev–Trinajstić information content (AvgIpc) is 2.69. The van der Waals surface area contributed by atoms with Gasteiger partial charge >= 0.3 is 0 Å². The van der Waals surface area contributed by atoms with Crippen LogP contribution in [0.2, 0.25) is 0 Å². The van der Waals surface area contributed by atoms with E-state index in [0.29, 0.717) is 25.0 Å². The van der Waals surface area contributed by atoms with Crippen molar-refractivity contribution < 1.29 is 9.53 Å². The standard InChI is InChI=1S/C22H34N4O2.HI/c1-3-24-22(26-13-11-17(12-14-26)15-21(27)23-2)25-16-18-7-4-5-10-20(18)28-19-8-6-9-19;/h4-5,7,10,17,19H,3,6,8-9,11-16H2,1-2H3,(H,23,27)(H,24,25);1H. The predicted octanol–water partition coefficient (Wildman–Crippen LogP) is 3.55. The van der Waals surface area contributed by atoms with Gasteiger partial charge < -0.3 is 20.3 Å². The van der Waals surface area contributed by atoms with E-state index in [1.807, 2.05) is 6.07 Å². The van der Waals surface area contributed by atoms with Crippen molar-refractivity contribution in [1.29, 1.82) is 0 Å². The first kappa shape index (κ1) is 23.8. The molecular formula is C22H35IN4O2. The number of likely N-dealkylation sites (tertiary alicyclic amines) is 1. The van der Waals surface area contributed by atoms with E-state index >= 15 is 0 Å². The Balaban J connectivity index is 0.00000300. The molecule has 7 heteroatoms. The van der Waals surface area contributed by atoms with Crippen LogP contribution in [0.25, 0.3) is 0 Å². The number of ether oxygens (including phenoxy) is 1. The maximum atomic E-state index is 11.6. The second-order valence-corrected chi connectivity index (χ2v) is 7.76. The summed E-state index contributed by atoms with van der Waals surface area (Å²) >= 11 is 0. The minimum absolute atomic E-state index is 0. The Morgan fingerprint density at radius 2 is 1.93 bits per heavy atom. The molecular weight excluding hydrogens is 479 g/mol. The van der Waals surface area contributed by atoms with Crippen molar-refractivity contribution in [3.63, 3.8) is 0 Å². The summed E-state index contributed by atoms with van der Waals surface area (Å²) in [5.74, 6) is 2.54. The predicted molar refractivity (Wildman–Crippen MR) is 128 cm³/mol. The summed E-state index contributed by atoms with van der Waals surface area (Å²) in [7, 11) is 1.71. The van der Waals surface area contributed by atoms with E-state index in [-0.39, 0.29) is 29.9 Å². The maximum absolute atomic E-state index is 11.6. The molecule has 1 aromatic carbocycles. The molecule has 2 fully saturated rings. The molecule has 0 radical (unpaired) electrons. The lowest BCUT2D eigenvalue weighted by atomic mass is 9.93. The fraction of sp³-hybridized carbons (Fsp3) is 0.636. The number of para-hydroxylation sites is 1. The molecule has 29 heavy (non-hydrogen) atoms. The molecule has 0 unspecified atom stereocenters. The lowest BCUT2D eigenvalue weighted by Crippen LogP contribution is -2.46. The molecule has 1 aliphatic carbocycles. The van der Waals surface area contributed by atoms with Gasteiger partial charge in [-0.3, -0.25) is 4.79 Å². The van der Waals surface area contributed by atoms with Crippen molar-refractivity contribution >= 4 is 35.8 Å². The van der Waals surface area contributed by atoms with Crippen LogP contribution in [0.15, 0.2) is 29.3 Å². The minimum atomic E-state index is 0. The summed E-state index contributed by atoms with van der Waals surface area (Å²) in [5, 5.41) is 6.16. The number of benzene rings is 1. The van der Waals surface area contributed by atoms with Gasteiger partial charge in [0.15, 0.2) is 5.96 Å². The highest BCUT2D eigenvalue weighted by atomic mass is 127. The Kier molecular flexibility index (Phi) is 10.0.